The third-order valence-corrected chi connectivity index (χ3v) is 4.79. The summed E-state index contributed by atoms with van der Waals surface area (Å²) in [5, 5.41) is 5.27. The predicted molar refractivity (Wildman–Crippen MR) is 95.6 cm³/mol. The van der Waals surface area contributed by atoms with Crippen molar-refractivity contribution in [1.82, 2.24) is 4.98 Å². The van der Waals surface area contributed by atoms with E-state index in [4.69, 9.17) is 17.3 Å². The van der Waals surface area contributed by atoms with E-state index in [0.717, 1.165) is 0 Å². The molecular weight excluding hydrogens is 364 g/mol. The first-order valence-corrected chi connectivity index (χ1v) is 8.77. The molecule has 3 rings (SSSR count). The van der Waals surface area contributed by atoms with Gasteiger partial charge in [0.05, 0.1) is 18.0 Å². The van der Waals surface area contributed by atoms with Crippen LogP contribution in [0.3, 0.4) is 0 Å². The van der Waals surface area contributed by atoms with Crippen LogP contribution in [-0.4, -0.2) is 29.3 Å². The van der Waals surface area contributed by atoms with Gasteiger partial charge in [0, 0.05) is 29.1 Å². The molecule has 1 aromatic heterocycles. The summed E-state index contributed by atoms with van der Waals surface area (Å²) in [5.74, 6) is -1.37. The molecule has 25 heavy (non-hydrogen) atoms. The molecule has 1 unspecified atom stereocenters. The van der Waals surface area contributed by atoms with E-state index in [1.54, 1.807) is 34.5 Å². The van der Waals surface area contributed by atoms with Crippen LogP contribution in [0.5, 0.6) is 0 Å². The lowest BCUT2D eigenvalue weighted by atomic mass is 10.1. The van der Waals surface area contributed by atoms with Crippen LogP contribution in [0.4, 0.5) is 10.8 Å². The van der Waals surface area contributed by atoms with Crippen molar-refractivity contribution in [3.63, 3.8) is 0 Å². The molecule has 1 aromatic carbocycles. The number of hydrogen-bond acceptors (Lipinski definition) is 5. The largest absolute Gasteiger partial charge is 0.369 e. The Morgan fingerprint density at radius 3 is 2.96 bits per heavy atom. The van der Waals surface area contributed by atoms with Gasteiger partial charge in [0.25, 0.3) is 0 Å². The molecule has 7 nitrogen and oxygen atoms in total. The van der Waals surface area contributed by atoms with Gasteiger partial charge >= 0.3 is 0 Å². The van der Waals surface area contributed by atoms with Crippen molar-refractivity contribution in [3.8, 4) is 0 Å². The quantitative estimate of drug-likeness (QED) is 0.827. The van der Waals surface area contributed by atoms with Gasteiger partial charge in [0.15, 0.2) is 5.13 Å². The number of aromatic nitrogens is 1. The molecule has 2 heterocycles. The maximum absolute atomic E-state index is 12.4. The van der Waals surface area contributed by atoms with Gasteiger partial charge in [-0.05, 0) is 18.2 Å². The second kappa shape index (κ2) is 7.20. The molecule has 1 fully saturated rings. The maximum atomic E-state index is 12.4. The first kappa shape index (κ1) is 17.4. The number of benzene rings is 1. The van der Waals surface area contributed by atoms with Crippen molar-refractivity contribution in [2.75, 3.05) is 16.8 Å². The van der Waals surface area contributed by atoms with E-state index in [-0.39, 0.29) is 31.2 Å². The number of carbonyl (C=O) groups is 3. The highest BCUT2D eigenvalue weighted by atomic mass is 35.5. The van der Waals surface area contributed by atoms with Gasteiger partial charge in [-0.1, -0.05) is 17.7 Å². The lowest BCUT2D eigenvalue weighted by Gasteiger charge is -2.16. The molecule has 1 aliphatic heterocycles. The molecule has 2 aromatic rings. The summed E-state index contributed by atoms with van der Waals surface area (Å²) >= 11 is 7.17. The molecule has 130 valence electrons. The Morgan fingerprint density at radius 2 is 2.24 bits per heavy atom. The van der Waals surface area contributed by atoms with Gasteiger partial charge < -0.3 is 16.0 Å². The third-order valence-electron chi connectivity index (χ3n) is 3.75. The standard InChI is InChI=1S/C16H15ClN4O3S/c17-10-2-1-3-12(5-10)21-7-9(4-14(21)23)15(24)20-16-19-11(8-25-16)6-13(18)22/h1-3,5,8-9H,4,6-7H2,(H2,18,22)(H,19,20,24). The van der Waals surface area contributed by atoms with Crippen LogP contribution in [0.1, 0.15) is 12.1 Å². The molecule has 1 atom stereocenters. The Balaban J connectivity index is 1.64. The highest BCUT2D eigenvalue weighted by Crippen LogP contribution is 2.28. The SMILES string of the molecule is NC(=O)Cc1csc(NC(=O)C2CC(=O)N(c3cccc(Cl)c3)C2)n1. The molecule has 3 amide bonds. The van der Waals surface area contributed by atoms with Crippen molar-refractivity contribution in [2.24, 2.45) is 11.7 Å². The van der Waals surface area contributed by atoms with E-state index >= 15 is 0 Å². The van der Waals surface area contributed by atoms with E-state index < -0.39 is 11.8 Å². The molecule has 0 saturated carbocycles. The summed E-state index contributed by atoms with van der Waals surface area (Å²) in [6.45, 7) is 0.282. The van der Waals surface area contributed by atoms with Gasteiger partial charge in [0.2, 0.25) is 17.7 Å². The van der Waals surface area contributed by atoms with E-state index in [9.17, 15) is 14.4 Å². The summed E-state index contributed by atoms with van der Waals surface area (Å²) < 4.78 is 0. The van der Waals surface area contributed by atoms with Gasteiger partial charge in [-0.25, -0.2) is 4.98 Å². The molecule has 0 bridgehead atoms. The summed E-state index contributed by atoms with van der Waals surface area (Å²) in [4.78, 5) is 41.2. The van der Waals surface area contributed by atoms with Crippen LogP contribution in [0.15, 0.2) is 29.6 Å². The fourth-order valence-corrected chi connectivity index (χ4v) is 3.51. The number of rotatable bonds is 5. The number of thiazole rings is 1. The highest BCUT2D eigenvalue weighted by molar-refractivity contribution is 7.13. The molecule has 3 N–H and O–H groups in total. The smallest absolute Gasteiger partial charge is 0.231 e. The Morgan fingerprint density at radius 1 is 1.44 bits per heavy atom. The predicted octanol–water partition coefficient (Wildman–Crippen LogP) is 1.82. The highest BCUT2D eigenvalue weighted by Gasteiger charge is 2.35. The molecule has 0 radical (unpaired) electrons. The van der Waals surface area contributed by atoms with Crippen LogP contribution in [-0.2, 0) is 20.8 Å². The van der Waals surface area contributed by atoms with Crippen LogP contribution in [0.2, 0.25) is 5.02 Å². The van der Waals surface area contributed by atoms with Crippen molar-refractivity contribution in [1.29, 1.82) is 0 Å². The van der Waals surface area contributed by atoms with Gasteiger partial charge in [-0.2, -0.15) is 0 Å². The van der Waals surface area contributed by atoms with Gasteiger partial charge in [0.1, 0.15) is 0 Å². The van der Waals surface area contributed by atoms with E-state index in [1.165, 1.54) is 11.3 Å². The molecule has 1 saturated heterocycles. The Labute approximate surface area is 152 Å². The van der Waals surface area contributed by atoms with Crippen LogP contribution in [0, 0.1) is 5.92 Å². The summed E-state index contributed by atoms with van der Waals surface area (Å²) in [7, 11) is 0. The number of anilines is 2. The number of halogens is 1. The topological polar surface area (TPSA) is 105 Å². The summed E-state index contributed by atoms with van der Waals surface area (Å²) in [5.41, 5.74) is 6.30. The molecule has 0 spiro atoms. The van der Waals surface area contributed by atoms with Gasteiger partial charge in [-0.15, -0.1) is 11.3 Å². The minimum atomic E-state index is -0.485. The lowest BCUT2D eigenvalue weighted by Crippen LogP contribution is -2.28. The Kier molecular flexibility index (Phi) is 5.00. The first-order valence-electron chi connectivity index (χ1n) is 7.52. The van der Waals surface area contributed by atoms with Crippen LogP contribution >= 0.6 is 22.9 Å². The number of carbonyl (C=O) groups excluding carboxylic acids is 3. The van der Waals surface area contributed by atoms with Crippen LogP contribution in [0.25, 0.3) is 0 Å². The Hall–Kier alpha value is -2.45. The maximum Gasteiger partial charge on any atom is 0.231 e. The molecule has 1 aliphatic rings. The van der Waals surface area contributed by atoms with Crippen molar-refractivity contribution >= 4 is 51.5 Å². The van der Waals surface area contributed by atoms with Crippen molar-refractivity contribution in [3.05, 3.63) is 40.4 Å². The second-order valence-corrected chi connectivity index (χ2v) is 6.96. The van der Waals surface area contributed by atoms with Crippen molar-refractivity contribution < 1.29 is 14.4 Å². The first-order chi connectivity index (χ1) is 11.9. The second-order valence-electron chi connectivity index (χ2n) is 5.66. The fraction of sp³-hybridized carbons (Fsp3) is 0.250. The number of nitrogens with zero attached hydrogens (tertiary/aromatic N) is 2. The lowest BCUT2D eigenvalue weighted by molar-refractivity contribution is -0.122. The fourth-order valence-electron chi connectivity index (χ4n) is 2.61. The van der Waals surface area contributed by atoms with Crippen LogP contribution < -0.4 is 16.0 Å². The Bertz CT molecular complexity index is 838. The number of nitrogens with two attached hydrogens (primary N) is 1. The zero-order chi connectivity index (χ0) is 18.0. The zero-order valence-electron chi connectivity index (χ0n) is 13.1. The molecular formula is C16H15ClN4O3S. The normalized spacial score (nSPS) is 16.9. The van der Waals surface area contributed by atoms with E-state index in [2.05, 4.69) is 10.3 Å². The summed E-state index contributed by atoms with van der Waals surface area (Å²) in [6.07, 6.45) is 0.148. The number of primary amides is 1. The average molecular weight is 379 g/mol. The van der Waals surface area contributed by atoms with E-state index in [1.807, 2.05) is 0 Å². The van der Waals surface area contributed by atoms with Gasteiger partial charge in [-0.3, -0.25) is 14.4 Å². The number of hydrogen-bond donors (Lipinski definition) is 2. The molecule has 9 heteroatoms. The van der Waals surface area contributed by atoms with E-state index in [0.29, 0.717) is 21.5 Å². The minimum Gasteiger partial charge on any atom is -0.369 e. The minimum absolute atomic E-state index is 0.0246. The summed E-state index contributed by atoms with van der Waals surface area (Å²) in [6, 6.07) is 6.95. The van der Waals surface area contributed by atoms with Crippen molar-refractivity contribution in [2.45, 2.75) is 12.8 Å². The third kappa shape index (κ3) is 4.15. The zero-order valence-corrected chi connectivity index (χ0v) is 14.6. The number of amides is 3. The average Bonchev–Trinajstić information content (AvgIpc) is 3.13. The molecule has 0 aliphatic carbocycles. The monoisotopic (exact) mass is 378 g/mol. The number of nitrogens with one attached hydrogen (secondary N) is 1.